The van der Waals surface area contributed by atoms with Gasteiger partial charge in [-0.05, 0) is 23.9 Å². The summed E-state index contributed by atoms with van der Waals surface area (Å²) in [7, 11) is 0. The van der Waals surface area contributed by atoms with Crippen LogP contribution in [0.25, 0.3) is 10.8 Å². The van der Waals surface area contributed by atoms with Crippen LogP contribution < -0.4 is 10.1 Å². The molecule has 1 atom stereocenters. The first-order chi connectivity index (χ1) is 12.6. The Morgan fingerprint density at radius 3 is 2.42 bits per heavy atom. The highest BCUT2D eigenvalue weighted by Gasteiger charge is 2.19. The average molecular weight is 349 g/mol. The van der Waals surface area contributed by atoms with Gasteiger partial charge in [-0.1, -0.05) is 66.7 Å². The van der Waals surface area contributed by atoms with Crippen molar-refractivity contribution in [2.75, 3.05) is 0 Å². The maximum atomic E-state index is 12.3. The summed E-state index contributed by atoms with van der Waals surface area (Å²) in [6.07, 6.45) is -0.670. The van der Waals surface area contributed by atoms with Crippen molar-refractivity contribution in [3.8, 4) is 5.75 Å². The van der Waals surface area contributed by atoms with E-state index in [1.165, 1.54) is 0 Å². The fourth-order valence-corrected chi connectivity index (χ4v) is 2.48. The number of carbonyl (C=O) groups excluding carboxylic acids is 2. The monoisotopic (exact) mass is 349 g/mol. The molecule has 1 N–H and O–H groups in total. The molecule has 0 saturated heterocycles. The summed E-state index contributed by atoms with van der Waals surface area (Å²) in [5.41, 5.74) is 0.869. The molecule has 132 valence electrons. The molecule has 0 aromatic heterocycles. The van der Waals surface area contributed by atoms with E-state index in [2.05, 4.69) is 5.32 Å². The molecule has 3 rings (SSSR count). The van der Waals surface area contributed by atoms with Gasteiger partial charge in [-0.2, -0.15) is 0 Å². The quantitative estimate of drug-likeness (QED) is 0.557. The van der Waals surface area contributed by atoms with E-state index < -0.39 is 18.1 Å². The van der Waals surface area contributed by atoms with E-state index in [1.807, 2.05) is 66.7 Å². The summed E-state index contributed by atoms with van der Waals surface area (Å²) in [4.78, 5) is 24.1. The number of rotatable bonds is 5. The van der Waals surface area contributed by atoms with E-state index in [9.17, 15) is 9.59 Å². The van der Waals surface area contributed by atoms with Crippen molar-refractivity contribution in [1.29, 1.82) is 0 Å². The second kappa shape index (κ2) is 8.16. The number of carbonyl (C=O) groups is 2. The Morgan fingerprint density at radius 1 is 0.923 bits per heavy atom. The summed E-state index contributed by atoms with van der Waals surface area (Å²) >= 11 is 0. The van der Waals surface area contributed by atoms with E-state index in [-0.39, 0.29) is 6.61 Å². The Kier molecular flexibility index (Phi) is 5.49. The van der Waals surface area contributed by atoms with Crippen LogP contribution in [0.2, 0.25) is 0 Å². The lowest BCUT2D eigenvalue weighted by atomic mass is 10.1. The number of hydrogen-bond acceptors (Lipinski definition) is 4. The van der Waals surface area contributed by atoms with Crippen molar-refractivity contribution in [2.45, 2.75) is 19.6 Å². The number of alkyl carbamates (subject to hydrolysis) is 1. The molecule has 3 aromatic carbocycles. The lowest BCUT2D eigenvalue weighted by Gasteiger charge is -2.14. The molecule has 0 aliphatic heterocycles. The van der Waals surface area contributed by atoms with E-state index >= 15 is 0 Å². The van der Waals surface area contributed by atoms with Crippen LogP contribution in [0.15, 0.2) is 72.8 Å². The Hall–Kier alpha value is -3.34. The fraction of sp³-hybridized carbons (Fsp3) is 0.143. The standard InChI is InChI=1S/C21H19NO4/c1-15(22-21(24)25-14-16-8-3-2-4-9-16)20(23)26-19-13-7-11-17-10-5-6-12-18(17)19/h2-13,15H,14H2,1H3,(H,22,24). The van der Waals surface area contributed by atoms with Gasteiger partial charge >= 0.3 is 12.1 Å². The number of esters is 1. The van der Waals surface area contributed by atoms with Crippen LogP contribution in [0.1, 0.15) is 12.5 Å². The fourth-order valence-electron chi connectivity index (χ4n) is 2.48. The lowest BCUT2D eigenvalue weighted by molar-refractivity contribution is -0.136. The molecule has 0 aliphatic carbocycles. The van der Waals surface area contributed by atoms with Crippen LogP contribution in [0.4, 0.5) is 4.79 Å². The largest absolute Gasteiger partial charge is 0.445 e. The second-order valence-electron chi connectivity index (χ2n) is 5.83. The third-order valence-corrected chi connectivity index (χ3v) is 3.86. The average Bonchev–Trinajstić information content (AvgIpc) is 2.67. The molecule has 0 saturated carbocycles. The molecule has 5 nitrogen and oxygen atoms in total. The minimum Gasteiger partial charge on any atom is -0.445 e. The molecule has 0 spiro atoms. The van der Waals surface area contributed by atoms with E-state index in [1.54, 1.807) is 13.0 Å². The van der Waals surface area contributed by atoms with Gasteiger partial charge in [0.1, 0.15) is 18.4 Å². The molecule has 26 heavy (non-hydrogen) atoms. The lowest BCUT2D eigenvalue weighted by Crippen LogP contribution is -2.41. The van der Waals surface area contributed by atoms with Crippen molar-refractivity contribution in [1.82, 2.24) is 5.32 Å². The summed E-state index contributed by atoms with van der Waals surface area (Å²) in [6.45, 7) is 1.69. The highest BCUT2D eigenvalue weighted by molar-refractivity contribution is 5.91. The van der Waals surface area contributed by atoms with Gasteiger partial charge in [-0.15, -0.1) is 0 Å². The first-order valence-corrected chi connectivity index (χ1v) is 8.30. The van der Waals surface area contributed by atoms with Crippen LogP contribution in [-0.4, -0.2) is 18.1 Å². The third-order valence-electron chi connectivity index (χ3n) is 3.86. The number of benzene rings is 3. The van der Waals surface area contributed by atoms with Crippen LogP contribution in [0.3, 0.4) is 0 Å². The first kappa shape index (κ1) is 17.5. The van der Waals surface area contributed by atoms with E-state index in [4.69, 9.17) is 9.47 Å². The molecular formula is C21H19NO4. The zero-order chi connectivity index (χ0) is 18.4. The Bertz CT molecular complexity index is 903. The van der Waals surface area contributed by atoms with Gasteiger partial charge in [0.2, 0.25) is 0 Å². The Morgan fingerprint density at radius 2 is 1.62 bits per heavy atom. The third kappa shape index (κ3) is 4.39. The summed E-state index contributed by atoms with van der Waals surface area (Å²) in [5.74, 6) is -0.0996. The molecular weight excluding hydrogens is 330 g/mol. The van der Waals surface area contributed by atoms with Gasteiger partial charge in [-0.25, -0.2) is 9.59 Å². The molecule has 0 heterocycles. The van der Waals surface area contributed by atoms with Crippen molar-refractivity contribution in [3.63, 3.8) is 0 Å². The molecule has 5 heteroatoms. The number of hydrogen-bond donors (Lipinski definition) is 1. The number of ether oxygens (including phenoxy) is 2. The Balaban J connectivity index is 1.56. The Labute approximate surface area is 151 Å². The first-order valence-electron chi connectivity index (χ1n) is 8.30. The van der Waals surface area contributed by atoms with Gasteiger partial charge in [-0.3, -0.25) is 0 Å². The molecule has 0 bridgehead atoms. The molecule has 1 unspecified atom stereocenters. The van der Waals surface area contributed by atoms with Crippen LogP contribution in [0, 0.1) is 0 Å². The molecule has 0 radical (unpaired) electrons. The highest BCUT2D eigenvalue weighted by Crippen LogP contribution is 2.25. The number of amides is 1. The van der Waals surface area contributed by atoms with Crippen LogP contribution in [-0.2, 0) is 16.1 Å². The van der Waals surface area contributed by atoms with Gasteiger partial charge in [0.05, 0.1) is 0 Å². The maximum Gasteiger partial charge on any atom is 0.408 e. The summed E-state index contributed by atoms with van der Waals surface area (Å²) in [5, 5.41) is 4.29. The minimum absolute atomic E-state index is 0.137. The molecule has 0 fully saturated rings. The predicted octanol–water partition coefficient (Wildman–Crippen LogP) is 4.06. The summed E-state index contributed by atoms with van der Waals surface area (Å²) < 4.78 is 10.6. The molecule has 1 amide bonds. The normalized spacial score (nSPS) is 11.6. The van der Waals surface area contributed by atoms with Crippen molar-refractivity contribution < 1.29 is 19.1 Å². The predicted molar refractivity (Wildman–Crippen MR) is 98.8 cm³/mol. The van der Waals surface area contributed by atoms with Gasteiger partial charge in [0.25, 0.3) is 0 Å². The van der Waals surface area contributed by atoms with Crippen molar-refractivity contribution in [2.24, 2.45) is 0 Å². The van der Waals surface area contributed by atoms with Gasteiger partial charge < -0.3 is 14.8 Å². The SMILES string of the molecule is CC(NC(=O)OCc1ccccc1)C(=O)Oc1cccc2ccccc12. The van der Waals surface area contributed by atoms with Gasteiger partial charge in [0, 0.05) is 5.39 Å². The summed E-state index contributed by atoms with van der Waals surface area (Å²) in [6, 6.07) is 21.6. The van der Waals surface area contributed by atoms with Crippen LogP contribution in [0.5, 0.6) is 5.75 Å². The van der Waals surface area contributed by atoms with E-state index in [0.717, 1.165) is 16.3 Å². The van der Waals surface area contributed by atoms with E-state index in [0.29, 0.717) is 5.75 Å². The zero-order valence-corrected chi connectivity index (χ0v) is 14.3. The van der Waals surface area contributed by atoms with Crippen molar-refractivity contribution >= 4 is 22.8 Å². The van der Waals surface area contributed by atoms with Gasteiger partial charge in [0.15, 0.2) is 0 Å². The second-order valence-corrected chi connectivity index (χ2v) is 5.83. The minimum atomic E-state index is -0.836. The topological polar surface area (TPSA) is 64.6 Å². The molecule has 0 aliphatic rings. The van der Waals surface area contributed by atoms with Crippen LogP contribution >= 0.6 is 0 Å². The van der Waals surface area contributed by atoms with Crippen molar-refractivity contribution in [3.05, 3.63) is 78.4 Å². The number of nitrogens with one attached hydrogen (secondary N) is 1. The molecule has 3 aromatic rings. The number of fused-ring (bicyclic) bond motifs is 1. The maximum absolute atomic E-state index is 12.3. The zero-order valence-electron chi connectivity index (χ0n) is 14.3. The highest BCUT2D eigenvalue weighted by atomic mass is 16.6. The smallest absolute Gasteiger partial charge is 0.408 e.